The van der Waals surface area contributed by atoms with Gasteiger partial charge < -0.3 is 15.5 Å². The first-order chi connectivity index (χ1) is 19.7. The standard InChI is InChI=1S/C31H33N3O7S/c1-31(2,18-21-11-12-22-7-4-5-8-23(22)13-21)32-19-28(35)20-33(3)42(40,41)29-10-6-9-24(17-29)25-14-26(30(36)37)16-27(15-25)34(38)39/h4-17,28,32,35H,18-20H2,1-3H3,(H,36,37). The van der Waals surface area contributed by atoms with E-state index in [-0.39, 0.29) is 34.7 Å². The van der Waals surface area contributed by atoms with Crippen LogP contribution in [0.4, 0.5) is 5.69 Å². The van der Waals surface area contributed by atoms with E-state index < -0.39 is 32.7 Å². The van der Waals surface area contributed by atoms with Crippen LogP contribution in [0.1, 0.15) is 29.8 Å². The molecule has 0 spiro atoms. The van der Waals surface area contributed by atoms with E-state index in [0.717, 1.165) is 26.7 Å². The molecule has 0 saturated carbocycles. The number of likely N-dealkylation sites (N-methyl/N-ethyl adjacent to an activating group) is 1. The summed E-state index contributed by atoms with van der Waals surface area (Å²) in [7, 11) is -2.68. The zero-order valence-corrected chi connectivity index (χ0v) is 24.3. The molecule has 4 aromatic carbocycles. The van der Waals surface area contributed by atoms with Crippen LogP contribution in [0.15, 0.2) is 89.8 Å². The summed E-state index contributed by atoms with van der Waals surface area (Å²) in [6.45, 7) is 4.02. The van der Waals surface area contributed by atoms with Crippen LogP contribution in [0, 0.1) is 10.1 Å². The van der Waals surface area contributed by atoms with E-state index in [1.807, 2.05) is 26.0 Å². The van der Waals surface area contributed by atoms with Crippen LogP contribution in [0.3, 0.4) is 0 Å². The average molecular weight is 592 g/mol. The Labute approximate surface area is 244 Å². The second kappa shape index (κ2) is 12.4. The van der Waals surface area contributed by atoms with Gasteiger partial charge in [-0.15, -0.1) is 0 Å². The third-order valence-electron chi connectivity index (χ3n) is 7.00. The second-order valence-corrected chi connectivity index (χ2v) is 13.0. The molecule has 0 bridgehead atoms. The summed E-state index contributed by atoms with van der Waals surface area (Å²) in [5.74, 6) is -1.34. The molecule has 0 amide bonds. The number of carboxylic acid groups (broad SMARTS) is 1. The van der Waals surface area contributed by atoms with Gasteiger partial charge in [0.05, 0.1) is 21.5 Å². The summed E-state index contributed by atoms with van der Waals surface area (Å²) in [5, 5.41) is 37.0. The number of nitrogens with one attached hydrogen (secondary N) is 1. The first kappa shape index (κ1) is 30.8. The molecule has 0 aromatic heterocycles. The Kier molecular flexibility index (Phi) is 9.07. The first-order valence-corrected chi connectivity index (χ1v) is 14.7. The SMILES string of the molecule is CN(CC(O)CNC(C)(C)Cc1ccc2ccccc2c1)S(=O)(=O)c1cccc(-c2cc(C(=O)O)cc([N+](=O)[O-])c2)c1. The van der Waals surface area contributed by atoms with Crippen LogP contribution in [0.25, 0.3) is 21.9 Å². The molecule has 4 rings (SSSR count). The van der Waals surface area contributed by atoms with Crippen molar-refractivity contribution in [1.82, 2.24) is 9.62 Å². The van der Waals surface area contributed by atoms with Gasteiger partial charge in [-0.25, -0.2) is 13.2 Å². The van der Waals surface area contributed by atoms with Gasteiger partial charge in [0, 0.05) is 37.8 Å². The fourth-order valence-electron chi connectivity index (χ4n) is 4.80. The van der Waals surface area contributed by atoms with E-state index in [2.05, 4.69) is 35.6 Å². The van der Waals surface area contributed by atoms with Gasteiger partial charge in [0.1, 0.15) is 0 Å². The number of hydrogen-bond donors (Lipinski definition) is 3. The molecule has 3 N–H and O–H groups in total. The minimum atomic E-state index is -4.05. The molecule has 42 heavy (non-hydrogen) atoms. The topological polar surface area (TPSA) is 150 Å². The molecule has 0 radical (unpaired) electrons. The molecule has 1 atom stereocenters. The molecule has 10 nitrogen and oxygen atoms in total. The number of nitro benzene ring substituents is 1. The molecular weight excluding hydrogens is 558 g/mol. The summed E-state index contributed by atoms with van der Waals surface area (Å²) in [6.07, 6.45) is -0.300. The summed E-state index contributed by atoms with van der Waals surface area (Å²) < 4.78 is 27.7. The minimum absolute atomic E-state index is 0.0947. The van der Waals surface area contributed by atoms with Crippen molar-refractivity contribution in [2.75, 3.05) is 20.1 Å². The Balaban J connectivity index is 1.43. The van der Waals surface area contributed by atoms with E-state index in [1.54, 1.807) is 6.07 Å². The Morgan fingerprint density at radius 2 is 1.69 bits per heavy atom. The van der Waals surface area contributed by atoms with E-state index >= 15 is 0 Å². The Bertz CT molecular complexity index is 1710. The number of rotatable bonds is 12. The van der Waals surface area contributed by atoms with Crippen LogP contribution in [0.2, 0.25) is 0 Å². The molecule has 0 fully saturated rings. The molecule has 0 aliphatic heterocycles. The summed E-state index contributed by atoms with van der Waals surface area (Å²) in [4.78, 5) is 22.0. The molecule has 0 aliphatic carbocycles. The van der Waals surface area contributed by atoms with E-state index in [0.29, 0.717) is 12.0 Å². The normalized spacial score (nSPS) is 12.9. The van der Waals surface area contributed by atoms with Gasteiger partial charge in [-0.1, -0.05) is 54.6 Å². The van der Waals surface area contributed by atoms with Gasteiger partial charge in [0.15, 0.2) is 0 Å². The Hall–Kier alpha value is -4.16. The molecule has 0 aliphatic rings. The number of carbonyl (C=O) groups is 1. The minimum Gasteiger partial charge on any atom is -0.478 e. The number of β-amino-alcohol motifs (C(OH)–C–C–N with tert-alkyl or cyclic N) is 1. The molecule has 1 unspecified atom stereocenters. The predicted octanol–water partition coefficient (Wildman–Crippen LogP) is 4.71. The fraction of sp³-hybridized carbons (Fsp3) is 0.258. The number of aliphatic hydroxyl groups is 1. The lowest BCUT2D eigenvalue weighted by Gasteiger charge is -2.29. The van der Waals surface area contributed by atoms with Crippen LogP contribution in [-0.4, -0.2) is 65.6 Å². The number of hydrogen-bond acceptors (Lipinski definition) is 7. The number of sulfonamides is 1. The van der Waals surface area contributed by atoms with Crippen molar-refractivity contribution < 1.29 is 28.3 Å². The molecular formula is C31H33N3O7S. The van der Waals surface area contributed by atoms with Crippen molar-refractivity contribution in [1.29, 1.82) is 0 Å². The second-order valence-electron chi connectivity index (χ2n) is 10.9. The lowest BCUT2D eigenvalue weighted by molar-refractivity contribution is -0.384. The molecule has 4 aromatic rings. The summed E-state index contributed by atoms with van der Waals surface area (Å²) >= 11 is 0. The van der Waals surface area contributed by atoms with Crippen molar-refractivity contribution >= 4 is 32.5 Å². The number of non-ortho nitro benzene ring substituents is 1. The fourth-order valence-corrected chi connectivity index (χ4v) is 6.05. The lowest BCUT2D eigenvalue weighted by Crippen LogP contribution is -2.47. The van der Waals surface area contributed by atoms with Crippen LogP contribution in [0.5, 0.6) is 0 Å². The molecule has 11 heteroatoms. The van der Waals surface area contributed by atoms with E-state index in [9.17, 15) is 33.5 Å². The van der Waals surface area contributed by atoms with Gasteiger partial charge in [-0.3, -0.25) is 10.1 Å². The van der Waals surface area contributed by atoms with Gasteiger partial charge in [-0.2, -0.15) is 4.31 Å². The smallest absolute Gasteiger partial charge is 0.335 e. The lowest BCUT2D eigenvalue weighted by atomic mass is 9.93. The van der Waals surface area contributed by atoms with Crippen molar-refractivity contribution in [2.45, 2.75) is 36.8 Å². The maximum Gasteiger partial charge on any atom is 0.335 e. The highest BCUT2D eigenvalue weighted by Gasteiger charge is 2.26. The number of carboxylic acids is 1. The van der Waals surface area contributed by atoms with Gasteiger partial charge in [0.25, 0.3) is 5.69 Å². The zero-order chi connectivity index (χ0) is 30.7. The van der Waals surface area contributed by atoms with Crippen LogP contribution >= 0.6 is 0 Å². The molecule has 0 saturated heterocycles. The third-order valence-corrected chi connectivity index (χ3v) is 8.81. The number of nitrogens with zero attached hydrogens (tertiary/aromatic N) is 2. The average Bonchev–Trinajstić information content (AvgIpc) is 2.95. The Morgan fingerprint density at radius 3 is 2.38 bits per heavy atom. The number of nitro groups is 1. The van der Waals surface area contributed by atoms with Crippen molar-refractivity contribution in [2.24, 2.45) is 0 Å². The van der Waals surface area contributed by atoms with Gasteiger partial charge >= 0.3 is 5.97 Å². The zero-order valence-electron chi connectivity index (χ0n) is 23.5. The Morgan fingerprint density at radius 1 is 0.976 bits per heavy atom. The van der Waals surface area contributed by atoms with E-state index in [1.165, 1.54) is 37.4 Å². The molecule has 220 valence electrons. The van der Waals surface area contributed by atoms with E-state index in [4.69, 9.17) is 0 Å². The van der Waals surface area contributed by atoms with Crippen molar-refractivity contribution in [3.05, 3.63) is 106 Å². The van der Waals surface area contributed by atoms with Crippen LogP contribution in [-0.2, 0) is 16.4 Å². The number of aliphatic hydroxyl groups excluding tert-OH is 1. The molecule has 0 heterocycles. The monoisotopic (exact) mass is 591 g/mol. The number of fused-ring (bicyclic) bond motifs is 1. The number of benzene rings is 4. The summed E-state index contributed by atoms with van der Waals surface area (Å²) in [5.41, 5.74) is 0.549. The third kappa shape index (κ3) is 7.37. The predicted molar refractivity (Wildman–Crippen MR) is 161 cm³/mol. The highest BCUT2D eigenvalue weighted by atomic mass is 32.2. The van der Waals surface area contributed by atoms with Gasteiger partial charge in [-0.05, 0) is 65.9 Å². The summed E-state index contributed by atoms with van der Waals surface area (Å²) in [6, 6.07) is 23.5. The van der Waals surface area contributed by atoms with Crippen LogP contribution < -0.4 is 5.32 Å². The highest BCUT2D eigenvalue weighted by Crippen LogP contribution is 2.29. The van der Waals surface area contributed by atoms with Crippen molar-refractivity contribution in [3.63, 3.8) is 0 Å². The largest absolute Gasteiger partial charge is 0.478 e. The van der Waals surface area contributed by atoms with Crippen molar-refractivity contribution in [3.8, 4) is 11.1 Å². The quantitative estimate of drug-likeness (QED) is 0.158. The number of aromatic carboxylic acids is 1. The first-order valence-electron chi connectivity index (χ1n) is 13.3. The maximum absolute atomic E-state index is 13.3. The maximum atomic E-state index is 13.3. The highest BCUT2D eigenvalue weighted by molar-refractivity contribution is 7.89. The van der Waals surface area contributed by atoms with Gasteiger partial charge in [0.2, 0.25) is 10.0 Å².